The Morgan fingerprint density at radius 2 is 2.04 bits per heavy atom. The van der Waals surface area contributed by atoms with Gasteiger partial charge in [-0.1, -0.05) is 18.2 Å². The van der Waals surface area contributed by atoms with Crippen LogP contribution in [0, 0.1) is 0 Å². The summed E-state index contributed by atoms with van der Waals surface area (Å²) in [5.41, 5.74) is 2.65. The fraction of sp³-hybridized carbons (Fsp3) is 0.105. The van der Waals surface area contributed by atoms with Crippen molar-refractivity contribution < 1.29 is 4.42 Å². The molecule has 4 heterocycles. The number of anilines is 1. The lowest BCUT2D eigenvalue weighted by Crippen LogP contribution is -2.18. The molecular formula is C19H15N5OS. The van der Waals surface area contributed by atoms with E-state index in [-0.39, 0.29) is 0 Å². The van der Waals surface area contributed by atoms with Crippen LogP contribution < -0.4 is 4.90 Å². The Balaban J connectivity index is 1.48. The predicted molar refractivity (Wildman–Crippen MR) is 102 cm³/mol. The first-order valence-electron chi connectivity index (χ1n) is 8.21. The number of nitrogens with zero attached hydrogens (tertiary/aromatic N) is 5. The van der Waals surface area contributed by atoms with E-state index < -0.39 is 0 Å². The van der Waals surface area contributed by atoms with Crippen molar-refractivity contribution >= 4 is 33.8 Å². The van der Waals surface area contributed by atoms with Gasteiger partial charge in [-0.15, -0.1) is 15.3 Å². The summed E-state index contributed by atoms with van der Waals surface area (Å²) in [6, 6.07) is 16.0. The lowest BCUT2D eigenvalue weighted by molar-refractivity contribution is 0.544. The zero-order chi connectivity index (χ0) is 17.5. The number of fused-ring (bicyclic) bond motifs is 2. The van der Waals surface area contributed by atoms with E-state index in [0.29, 0.717) is 6.54 Å². The quantitative estimate of drug-likeness (QED) is 0.479. The predicted octanol–water partition coefficient (Wildman–Crippen LogP) is 4.24. The van der Waals surface area contributed by atoms with E-state index in [4.69, 9.17) is 9.52 Å². The monoisotopic (exact) mass is 361 g/mol. The van der Waals surface area contributed by atoms with E-state index in [1.165, 1.54) is 0 Å². The molecule has 0 radical (unpaired) electrons. The molecule has 0 bridgehead atoms. The van der Waals surface area contributed by atoms with Crippen molar-refractivity contribution in [3.8, 4) is 11.4 Å². The number of aromatic nitrogens is 4. The van der Waals surface area contributed by atoms with E-state index in [2.05, 4.69) is 27.2 Å². The van der Waals surface area contributed by atoms with Crippen LogP contribution in [-0.4, -0.2) is 26.9 Å². The Kier molecular flexibility index (Phi) is 3.46. The summed E-state index contributed by atoms with van der Waals surface area (Å²) in [5, 5.41) is 18.4. The van der Waals surface area contributed by atoms with Crippen molar-refractivity contribution in [3.05, 3.63) is 65.1 Å². The standard InChI is InChI=1S/C19H15N5OS/c1-23(11-15-10-13-4-2-3-5-16(13)25-15)18-7-6-17-20-21-19(24(17)22-18)14-8-9-26-12-14/h2-10,12H,11H2,1H3. The van der Waals surface area contributed by atoms with Gasteiger partial charge in [0.05, 0.1) is 6.54 Å². The van der Waals surface area contributed by atoms with E-state index in [0.717, 1.165) is 39.6 Å². The molecule has 26 heavy (non-hydrogen) atoms. The lowest BCUT2D eigenvalue weighted by atomic mass is 10.2. The molecule has 0 N–H and O–H groups in total. The van der Waals surface area contributed by atoms with Crippen molar-refractivity contribution in [2.24, 2.45) is 0 Å². The lowest BCUT2D eigenvalue weighted by Gasteiger charge is -2.16. The van der Waals surface area contributed by atoms with Crippen molar-refractivity contribution in [2.45, 2.75) is 6.54 Å². The SMILES string of the molecule is CN(Cc1cc2ccccc2o1)c1ccc2nnc(-c3ccsc3)n2n1. The minimum Gasteiger partial charge on any atom is -0.459 e. The van der Waals surface area contributed by atoms with Crippen molar-refractivity contribution in [2.75, 3.05) is 11.9 Å². The Morgan fingerprint density at radius 1 is 1.12 bits per heavy atom. The summed E-state index contributed by atoms with van der Waals surface area (Å²) < 4.78 is 7.70. The van der Waals surface area contributed by atoms with E-state index in [9.17, 15) is 0 Å². The van der Waals surface area contributed by atoms with E-state index in [1.807, 2.05) is 54.2 Å². The maximum Gasteiger partial charge on any atom is 0.186 e. The van der Waals surface area contributed by atoms with Crippen LogP contribution in [0.5, 0.6) is 0 Å². The van der Waals surface area contributed by atoms with Gasteiger partial charge >= 0.3 is 0 Å². The van der Waals surface area contributed by atoms with Gasteiger partial charge in [0.1, 0.15) is 17.2 Å². The zero-order valence-corrected chi connectivity index (χ0v) is 14.8. The van der Waals surface area contributed by atoms with Crippen molar-refractivity contribution in [1.29, 1.82) is 0 Å². The highest BCUT2D eigenvalue weighted by Gasteiger charge is 2.13. The Hall–Kier alpha value is -3.19. The highest BCUT2D eigenvalue weighted by Crippen LogP contribution is 2.23. The molecule has 7 heteroatoms. The molecule has 4 aromatic heterocycles. The van der Waals surface area contributed by atoms with Crippen LogP contribution in [0.4, 0.5) is 5.82 Å². The number of thiophene rings is 1. The first kappa shape index (κ1) is 15.1. The maximum absolute atomic E-state index is 5.92. The molecule has 0 fully saturated rings. The highest BCUT2D eigenvalue weighted by molar-refractivity contribution is 7.08. The van der Waals surface area contributed by atoms with Gasteiger partial charge < -0.3 is 9.32 Å². The average Bonchev–Trinajstić information content (AvgIpc) is 3.39. The molecule has 1 aromatic carbocycles. The maximum atomic E-state index is 5.92. The first-order chi connectivity index (χ1) is 12.8. The first-order valence-corrected chi connectivity index (χ1v) is 9.16. The molecule has 5 rings (SSSR count). The third kappa shape index (κ3) is 2.53. The largest absolute Gasteiger partial charge is 0.459 e. The zero-order valence-electron chi connectivity index (χ0n) is 14.0. The fourth-order valence-electron chi connectivity index (χ4n) is 2.98. The van der Waals surface area contributed by atoms with Crippen molar-refractivity contribution in [1.82, 2.24) is 19.8 Å². The molecular weight excluding hydrogens is 346 g/mol. The second-order valence-corrected chi connectivity index (χ2v) is 6.88. The highest BCUT2D eigenvalue weighted by atomic mass is 32.1. The molecule has 5 aromatic rings. The molecule has 0 spiro atoms. The van der Waals surface area contributed by atoms with Gasteiger partial charge in [0, 0.05) is 23.4 Å². The summed E-state index contributed by atoms with van der Waals surface area (Å²) in [4.78, 5) is 2.05. The molecule has 6 nitrogen and oxygen atoms in total. The smallest absolute Gasteiger partial charge is 0.186 e. The molecule has 0 unspecified atom stereocenters. The summed E-state index contributed by atoms with van der Waals surface area (Å²) in [6.45, 7) is 0.628. The van der Waals surface area contributed by atoms with Gasteiger partial charge in [-0.2, -0.15) is 15.9 Å². The van der Waals surface area contributed by atoms with E-state index in [1.54, 1.807) is 15.9 Å². The number of hydrogen-bond donors (Lipinski definition) is 0. The van der Waals surface area contributed by atoms with Gasteiger partial charge in [0.2, 0.25) is 0 Å². The van der Waals surface area contributed by atoms with Gasteiger partial charge in [-0.05, 0) is 35.7 Å². The number of hydrogen-bond acceptors (Lipinski definition) is 6. The summed E-state index contributed by atoms with van der Waals surface area (Å²) >= 11 is 1.63. The number of furan rings is 1. The molecule has 0 amide bonds. The molecule has 128 valence electrons. The third-order valence-corrected chi connectivity index (χ3v) is 4.97. The fourth-order valence-corrected chi connectivity index (χ4v) is 3.62. The van der Waals surface area contributed by atoms with Gasteiger partial charge in [-0.3, -0.25) is 0 Å². The topological polar surface area (TPSA) is 59.5 Å². The average molecular weight is 361 g/mol. The normalized spacial score (nSPS) is 11.4. The second-order valence-electron chi connectivity index (χ2n) is 6.10. The summed E-state index contributed by atoms with van der Waals surface area (Å²) in [5.74, 6) is 2.48. The van der Waals surface area contributed by atoms with Crippen LogP contribution in [0.2, 0.25) is 0 Å². The number of benzene rings is 1. The molecule has 0 atom stereocenters. The van der Waals surface area contributed by atoms with Crippen LogP contribution in [0.1, 0.15) is 5.76 Å². The van der Waals surface area contributed by atoms with Crippen LogP contribution in [0.25, 0.3) is 28.0 Å². The molecule has 0 saturated carbocycles. The summed E-state index contributed by atoms with van der Waals surface area (Å²) in [6.07, 6.45) is 0. The van der Waals surface area contributed by atoms with Crippen LogP contribution >= 0.6 is 11.3 Å². The van der Waals surface area contributed by atoms with Crippen LogP contribution in [0.15, 0.2) is 63.7 Å². The van der Waals surface area contributed by atoms with E-state index >= 15 is 0 Å². The summed E-state index contributed by atoms with van der Waals surface area (Å²) in [7, 11) is 2.00. The van der Waals surface area contributed by atoms with Gasteiger partial charge in [0.15, 0.2) is 11.5 Å². The van der Waals surface area contributed by atoms with Crippen LogP contribution in [0.3, 0.4) is 0 Å². The minimum atomic E-state index is 0.628. The van der Waals surface area contributed by atoms with Gasteiger partial charge in [-0.25, -0.2) is 0 Å². The minimum absolute atomic E-state index is 0.628. The second kappa shape index (κ2) is 5.96. The Labute approximate surface area is 153 Å². The van der Waals surface area contributed by atoms with Gasteiger partial charge in [0.25, 0.3) is 0 Å². The molecule has 0 saturated heterocycles. The van der Waals surface area contributed by atoms with Crippen LogP contribution in [-0.2, 0) is 6.54 Å². The molecule has 0 aliphatic heterocycles. The number of para-hydroxylation sites is 1. The third-order valence-electron chi connectivity index (χ3n) is 4.29. The van der Waals surface area contributed by atoms with Crippen molar-refractivity contribution in [3.63, 3.8) is 0 Å². The Morgan fingerprint density at radius 3 is 2.88 bits per heavy atom. The molecule has 0 aliphatic rings. The number of rotatable bonds is 4. The Bertz CT molecular complexity index is 1160. The molecule has 0 aliphatic carbocycles.